The first-order chi connectivity index (χ1) is 10.9. The van der Waals surface area contributed by atoms with Gasteiger partial charge < -0.3 is 15.2 Å². The van der Waals surface area contributed by atoms with E-state index in [0.717, 1.165) is 37.4 Å². The Balaban J connectivity index is 0.00000208. The normalized spacial score (nSPS) is 17.8. The van der Waals surface area contributed by atoms with Gasteiger partial charge >= 0.3 is 5.69 Å². The summed E-state index contributed by atoms with van der Waals surface area (Å²) >= 11 is 6.68. The Hall–Kier alpha value is -0.900. The Bertz CT molecular complexity index is 782. The molecule has 1 saturated heterocycles. The Morgan fingerprint density at radius 3 is 2.79 bits per heavy atom. The summed E-state index contributed by atoms with van der Waals surface area (Å²) in [5.41, 5.74) is 7.22. The SMILES string of the molecule is CCn1c(N2CCC[C@@H](N)C2)nc2c([N+](=O)[O-])c(Br)c(Br)cc21.Cl. The van der Waals surface area contributed by atoms with E-state index in [0.29, 0.717) is 21.0 Å². The van der Waals surface area contributed by atoms with Gasteiger partial charge in [0.1, 0.15) is 4.47 Å². The predicted octanol–water partition coefficient (Wildman–Crippen LogP) is 3.84. The number of piperidine rings is 1. The fourth-order valence-corrected chi connectivity index (χ4v) is 3.94. The second-order valence-corrected chi connectivity index (χ2v) is 7.30. The molecular formula is C14H18Br2ClN5O2. The Labute approximate surface area is 162 Å². The summed E-state index contributed by atoms with van der Waals surface area (Å²) in [5.74, 6) is 0.755. The molecule has 3 rings (SSSR count). The van der Waals surface area contributed by atoms with Crippen molar-refractivity contribution in [1.29, 1.82) is 0 Å². The van der Waals surface area contributed by atoms with Gasteiger partial charge in [-0.15, -0.1) is 12.4 Å². The van der Waals surface area contributed by atoms with Crippen molar-refractivity contribution in [3.05, 3.63) is 25.1 Å². The number of imidazole rings is 1. The molecular weight excluding hydrogens is 465 g/mol. The molecule has 10 heteroatoms. The van der Waals surface area contributed by atoms with Crippen molar-refractivity contribution >= 4 is 66.9 Å². The van der Waals surface area contributed by atoms with Crippen LogP contribution < -0.4 is 10.6 Å². The third kappa shape index (κ3) is 3.26. The Morgan fingerprint density at radius 2 is 2.21 bits per heavy atom. The zero-order valence-corrected chi connectivity index (χ0v) is 17.0. The molecule has 7 nitrogen and oxygen atoms in total. The molecule has 0 bridgehead atoms. The van der Waals surface area contributed by atoms with Crippen LogP contribution in [0.4, 0.5) is 11.6 Å². The lowest BCUT2D eigenvalue weighted by Crippen LogP contribution is -2.43. The molecule has 0 aliphatic carbocycles. The fourth-order valence-electron chi connectivity index (χ4n) is 3.09. The first-order valence-electron chi connectivity index (χ1n) is 7.47. The molecule has 132 valence electrons. The molecule has 0 unspecified atom stereocenters. The molecule has 1 atom stereocenters. The number of aromatic nitrogens is 2. The minimum absolute atomic E-state index is 0. The van der Waals surface area contributed by atoms with Gasteiger partial charge in [-0.2, -0.15) is 0 Å². The van der Waals surface area contributed by atoms with E-state index in [1.165, 1.54) is 0 Å². The summed E-state index contributed by atoms with van der Waals surface area (Å²) < 4.78 is 3.07. The van der Waals surface area contributed by atoms with Crippen LogP contribution in [0.15, 0.2) is 15.0 Å². The number of benzene rings is 1. The number of nitro benzene ring substituents is 1. The van der Waals surface area contributed by atoms with Gasteiger partial charge in [0.05, 0.1) is 10.4 Å². The number of fused-ring (bicyclic) bond motifs is 1. The predicted molar refractivity (Wildman–Crippen MR) is 104 cm³/mol. The molecule has 1 aromatic carbocycles. The van der Waals surface area contributed by atoms with Crippen LogP contribution in [0, 0.1) is 10.1 Å². The van der Waals surface area contributed by atoms with E-state index in [4.69, 9.17) is 5.73 Å². The Morgan fingerprint density at radius 1 is 1.50 bits per heavy atom. The molecule has 0 saturated carbocycles. The highest BCUT2D eigenvalue weighted by molar-refractivity contribution is 9.13. The average Bonchev–Trinajstić information content (AvgIpc) is 2.85. The quantitative estimate of drug-likeness (QED) is 0.529. The zero-order chi connectivity index (χ0) is 16.7. The molecule has 1 fully saturated rings. The fraction of sp³-hybridized carbons (Fsp3) is 0.500. The number of hydrogen-bond donors (Lipinski definition) is 1. The van der Waals surface area contributed by atoms with E-state index in [1.54, 1.807) is 0 Å². The molecule has 1 aliphatic heterocycles. The number of halogens is 3. The lowest BCUT2D eigenvalue weighted by atomic mass is 10.1. The summed E-state index contributed by atoms with van der Waals surface area (Å²) in [5, 5.41) is 11.5. The molecule has 0 radical (unpaired) electrons. The first kappa shape index (κ1) is 19.4. The highest BCUT2D eigenvalue weighted by Gasteiger charge is 2.28. The maximum Gasteiger partial charge on any atom is 0.312 e. The molecule has 1 aliphatic rings. The van der Waals surface area contributed by atoms with E-state index in [-0.39, 0.29) is 24.1 Å². The highest BCUT2D eigenvalue weighted by Crippen LogP contribution is 2.40. The summed E-state index contributed by atoms with van der Waals surface area (Å²) in [6.07, 6.45) is 2.00. The van der Waals surface area contributed by atoms with Crippen molar-refractivity contribution in [2.75, 3.05) is 18.0 Å². The van der Waals surface area contributed by atoms with Gasteiger partial charge in [-0.05, 0) is 57.7 Å². The van der Waals surface area contributed by atoms with E-state index >= 15 is 0 Å². The van der Waals surface area contributed by atoms with Crippen LogP contribution in [0.25, 0.3) is 11.0 Å². The summed E-state index contributed by atoms with van der Waals surface area (Å²) in [6, 6.07) is 1.98. The lowest BCUT2D eigenvalue weighted by molar-refractivity contribution is -0.384. The van der Waals surface area contributed by atoms with Crippen molar-refractivity contribution in [2.45, 2.75) is 32.4 Å². The van der Waals surface area contributed by atoms with Crippen LogP contribution in [-0.2, 0) is 6.54 Å². The van der Waals surface area contributed by atoms with Crippen molar-refractivity contribution < 1.29 is 4.92 Å². The third-order valence-corrected chi connectivity index (χ3v) is 6.09. The van der Waals surface area contributed by atoms with E-state index in [9.17, 15) is 10.1 Å². The number of nitro groups is 1. The van der Waals surface area contributed by atoms with Gasteiger partial charge in [0, 0.05) is 30.1 Å². The second kappa shape index (κ2) is 7.55. The number of nitrogens with zero attached hydrogens (tertiary/aromatic N) is 4. The monoisotopic (exact) mass is 481 g/mol. The van der Waals surface area contributed by atoms with Crippen LogP contribution >= 0.6 is 44.3 Å². The van der Waals surface area contributed by atoms with Crippen molar-refractivity contribution in [3.8, 4) is 0 Å². The lowest BCUT2D eigenvalue weighted by Gasteiger charge is -2.31. The molecule has 0 amide bonds. The molecule has 2 heterocycles. The summed E-state index contributed by atoms with van der Waals surface area (Å²) in [7, 11) is 0. The minimum Gasteiger partial charge on any atom is -0.341 e. The Kier molecular flexibility index (Phi) is 6.11. The number of anilines is 1. The van der Waals surface area contributed by atoms with E-state index < -0.39 is 4.92 Å². The van der Waals surface area contributed by atoms with E-state index in [2.05, 4.69) is 41.7 Å². The van der Waals surface area contributed by atoms with E-state index in [1.807, 2.05) is 17.6 Å². The van der Waals surface area contributed by atoms with Gasteiger partial charge in [-0.25, -0.2) is 4.98 Å². The summed E-state index contributed by atoms with van der Waals surface area (Å²) in [6.45, 7) is 4.28. The van der Waals surface area contributed by atoms with Gasteiger partial charge in [0.25, 0.3) is 0 Å². The van der Waals surface area contributed by atoms with Gasteiger partial charge in [0.15, 0.2) is 5.52 Å². The van der Waals surface area contributed by atoms with Crippen LogP contribution in [-0.4, -0.2) is 33.6 Å². The average molecular weight is 484 g/mol. The third-order valence-electron chi connectivity index (χ3n) is 4.13. The topological polar surface area (TPSA) is 90.2 Å². The van der Waals surface area contributed by atoms with Gasteiger partial charge in [-0.1, -0.05) is 0 Å². The van der Waals surface area contributed by atoms with Crippen LogP contribution in [0.3, 0.4) is 0 Å². The molecule has 1 aromatic heterocycles. The van der Waals surface area contributed by atoms with Crippen molar-refractivity contribution in [2.24, 2.45) is 5.73 Å². The maximum absolute atomic E-state index is 11.5. The highest BCUT2D eigenvalue weighted by atomic mass is 79.9. The number of nitrogens with two attached hydrogens (primary N) is 1. The molecule has 2 aromatic rings. The molecule has 0 spiro atoms. The van der Waals surface area contributed by atoms with Gasteiger partial charge in [-0.3, -0.25) is 10.1 Å². The largest absolute Gasteiger partial charge is 0.341 e. The standard InChI is InChI=1S/C14H17Br2N5O2.ClH/c1-2-20-10-6-9(15)11(16)13(21(22)23)12(10)18-14(20)19-5-3-4-8(17)7-19;/h6,8H,2-5,7,17H2,1H3;1H/t8-;/m1./s1. The number of hydrogen-bond acceptors (Lipinski definition) is 5. The van der Waals surface area contributed by atoms with Crippen LogP contribution in [0.5, 0.6) is 0 Å². The number of aryl methyl sites for hydroxylation is 1. The number of rotatable bonds is 3. The smallest absolute Gasteiger partial charge is 0.312 e. The van der Waals surface area contributed by atoms with Crippen LogP contribution in [0.1, 0.15) is 19.8 Å². The van der Waals surface area contributed by atoms with Crippen LogP contribution in [0.2, 0.25) is 0 Å². The zero-order valence-electron chi connectivity index (χ0n) is 13.0. The molecule has 2 N–H and O–H groups in total. The first-order valence-corrected chi connectivity index (χ1v) is 9.05. The minimum atomic E-state index is -0.393. The second-order valence-electron chi connectivity index (χ2n) is 5.65. The summed E-state index contributed by atoms with van der Waals surface area (Å²) in [4.78, 5) is 17.8. The molecule has 24 heavy (non-hydrogen) atoms. The van der Waals surface area contributed by atoms with Crippen molar-refractivity contribution in [3.63, 3.8) is 0 Å². The van der Waals surface area contributed by atoms with Crippen molar-refractivity contribution in [1.82, 2.24) is 9.55 Å². The maximum atomic E-state index is 11.5. The van der Waals surface area contributed by atoms with Gasteiger partial charge in [0.2, 0.25) is 5.95 Å².